The number of nitrogens with zero attached hydrogens (tertiary/aromatic N) is 1. The topological polar surface area (TPSA) is 71.1 Å². The molecule has 0 aliphatic carbocycles. The summed E-state index contributed by atoms with van der Waals surface area (Å²) in [4.78, 5) is 4.30. The summed E-state index contributed by atoms with van der Waals surface area (Å²) >= 11 is 0. The lowest BCUT2D eigenvalue weighted by Crippen LogP contribution is -2.25. The minimum Gasteiger partial charge on any atom is -0.370 e. The van der Waals surface area contributed by atoms with E-state index in [0.717, 1.165) is 19.4 Å². The number of unbranched alkanes of at least 4 members (excludes halogenated alkanes) is 5. The molecule has 0 aliphatic heterocycles. The van der Waals surface area contributed by atoms with Crippen LogP contribution in [0.4, 0.5) is 5.82 Å². The highest BCUT2D eigenvalue weighted by Crippen LogP contribution is 2.11. The first-order valence-electron chi connectivity index (χ1n) is 7.79. The van der Waals surface area contributed by atoms with Gasteiger partial charge in [0.25, 0.3) is 0 Å². The molecule has 1 heterocycles. The number of aromatic nitrogens is 1. The molecule has 1 aromatic heterocycles. The van der Waals surface area contributed by atoms with E-state index in [0.29, 0.717) is 12.4 Å². The van der Waals surface area contributed by atoms with Crippen molar-refractivity contribution in [2.24, 2.45) is 0 Å². The molecule has 0 aromatic carbocycles. The van der Waals surface area contributed by atoms with Gasteiger partial charge in [-0.15, -0.1) is 0 Å². The van der Waals surface area contributed by atoms with E-state index >= 15 is 0 Å². The number of sulfonamides is 1. The van der Waals surface area contributed by atoms with Crippen LogP contribution in [-0.4, -0.2) is 26.5 Å². The molecular weight excluding hydrogens is 286 g/mol. The van der Waals surface area contributed by atoms with Gasteiger partial charge in [0.1, 0.15) is 10.7 Å². The van der Waals surface area contributed by atoms with Gasteiger partial charge in [0.05, 0.1) is 0 Å². The molecule has 0 radical (unpaired) electrons. The Labute approximate surface area is 128 Å². The van der Waals surface area contributed by atoms with Crippen LogP contribution in [0.2, 0.25) is 0 Å². The summed E-state index contributed by atoms with van der Waals surface area (Å²) in [7, 11) is -3.43. The van der Waals surface area contributed by atoms with Crippen LogP contribution in [0.3, 0.4) is 0 Å². The largest absolute Gasteiger partial charge is 0.370 e. The van der Waals surface area contributed by atoms with Crippen molar-refractivity contribution in [2.45, 2.75) is 57.3 Å². The van der Waals surface area contributed by atoms with Gasteiger partial charge in [0.2, 0.25) is 10.0 Å². The summed E-state index contributed by atoms with van der Waals surface area (Å²) in [6, 6.07) is 3.26. The zero-order valence-corrected chi connectivity index (χ0v) is 13.9. The lowest BCUT2D eigenvalue weighted by molar-refractivity contribution is 0.567. The van der Waals surface area contributed by atoms with E-state index in [4.69, 9.17) is 0 Å². The minimum atomic E-state index is -3.43. The van der Waals surface area contributed by atoms with Crippen molar-refractivity contribution in [1.29, 1.82) is 0 Å². The normalized spacial score (nSPS) is 11.5. The van der Waals surface area contributed by atoms with Crippen molar-refractivity contribution in [1.82, 2.24) is 9.71 Å². The van der Waals surface area contributed by atoms with E-state index < -0.39 is 10.0 Å². The summed E-state index contributed by atoms with van der Waals surface area (Å²) < 4.78 is 26.8. The highest BCUT2D eigenvalue weighted by atomic mass is 32.2. The SMILES string of the molecule is CCCCCCCCNS(=O)(=O)c1ccc(NCC)nc1. The number of hydrogen-bond acceptors (Lipinski definition) is 4. The Bertz CT molecular complexity index is 486. The Kier molecular flexibility index (Phi) is 8.30. The first-order valence-corrected chi connectivity index (χ1v) is 9.28. The quantitative estimate of drug-likeness (QED) is 0.616. The maximum Gasteiger partial charge on any atom is 0.242 e. The van der Waals surface area contributed by atoms with Crippen LogP contribution in [-0.2, 0) is 10.0 Å². The van der Waals surface area contributed by atoms with Gasteiger partial charge in [0, 0.05) is 19.3 Å². The van der Waals surface area contributed by atoms with Crippen LogP contribution < -0.4 is 10.0 Å². The Morgan fingerprint density at radius 3 is 2.38 bits per heavy atom. The third kappa shape index (κ3) is 6.91. The molecule has 6 heteroatoms. The van der Waals surface area contributed by atoms with E-state index in [1.807, 2.05) is 6.92 Å². The number of pyridine rings is 1. The highest BCUT2D eigenvalue weighted by Gasteiger charge is 2.13. The molecule has 0 unspecified atom stereocenters. The van der Waals surface area contributed by atoms with Gasteiger partial charge in [0.15, 0.2) is 0 Å². The number of hydrogen-bond donors (Lipinski definition) is 2. The average molecular weight is 313 g/mol. The van der Waals surface area contributed by atoms with Crippen molar-refractivity contribution in [3.63, 3.8) is 0 Å². The molecule has 0 saturated carbocycles. The van der Waals surface area contributed by atoms with Crippen molar-refractivity contribution in [3.8, 4) is 0 Å². The van der Waals surface area contributed by atoms with Gasteiger partial charge >= 0.3 is 0 Å². The zero-order valence-electron chi connectivity index (χ0n) is 13.1. The molecule has 0 saturated heterocycles. The highest BCUT2D eigenvalue weighted by molar-refractivity contribution is 7.89. The molecule has 5 nitrogen and oxygen atoms in total. The van der Waals surface area contributed by atoms with Gasteiger partial charge in [-0.1, -0.05) is 39.0 Å². The summed E-state index contributed by atoms with van der Waals surface area (Å²) in [5, 5.41) is 3.04. The van der Waals surface area contributed by atoms with E-state index in [2.05, 4.69) is 21.9 Å². The molecule has 1 aromatic rings. The first kappa shape index (κ1) is 17.9. The molecule has 120 valence electrons. The summed E-state index contributed by atoms with van der Waals surface area (Å²) in [6.45, 7) is 5.40. The van der Waals surface area contributed by atoms with Crippen LogP contribution >= 0.6 is 0 Å². The third-order valence-corrected chi connectivity index (χ3v) is 4.67. The molecule has 0 atom stereocenters. The standard InChI is InChI=1S/C15H27N3O2S/c1-3-5-6-7-8-9-12-18-21(19,20)14-10-11-15(16-4-2)17-13-14/h10-11,13,18H,3-9,12H2,1-2H3,(H,16,17). The van der Waals surface area contributed by atoms with Crippen LogP contribution in [0.15, 0.2) is 23.2 Å². The molecular formula is C15H27N3O2S. The Morgan fingerprint density at radius 2 is 1.76 bits per heavy atom. The molecule has 0 fully saturated rings. The molecule has 0 aliphatic rings. The van der Waals surface area contributed by atoms with E-state index in [9.17, 15) is 8.42 Å². The van der Waals surface area contributed by atoms with Crippen molar-refractivity contribution in [2.75, 3.05) is 18.4 Å². The maximum absolute atomic E-state index is 12.1. The van der Waals surface area contributed by atoms with Gasteiger partial charge in [-0.3, -0.25) is 0 Å². The van der Waals surface area contributed by atoms with Crippen LogP contribution in [0.25, 0.3) is 0 Å². The van der Waals surface area contributed by atoms with Gasteiger partial charge in [-0.05, 0) is 25.5 Å². The first-order chi connectivity index (χ1) is 10.1. The summed E-state index contributed by atoms with van der Waals surface area (Å²) in [5.74, 6) is 0.687. The average Bonchev–Trinajstić information content (AvgIpc) is 2.47. The smallest absolute Gasteiger partial charge is 0.242 e. The van der Waals surface area contributed by atoms with E-state index in [1.165, 1.54) is 31.9 Å². The van der Waals surface area contributed by atoms with Crippen LogP contribution in [0.5, 0.6) is 0 Å². The predicted molar refractivity (Wildman–Crippen MR) is 87.0 cm³/mol. The van der Waals surface area contributed by atoms with E-state index in [-0.39, 0.29) is 4.90 Å². The molecule has 0 spiro atoms. The van der Waals surface area contributed by atoms with Gasteiger partial charge in [-0.2, -0.15) is 0 Å². The van der Waals surface area contributed by atoms with Gasteiger partial charge < -0.3 is 5.32 Å². The lowest BCUT2D eigenvalue weighted by atomic mass is 10.1. The maximum atomic E-state index is 12.1. The Hall–Kier alpha value is -1.14. The fourth-order valence-electron chi connectivity index (χ4n) is 2.02. The molecule has 0 amide bonds. The molecule has 21 heavy (non-hydrogen) atoms. The molecule has 1 rings (SSSR count). The predicted octanol–water partition coefficient (Wildman–Crippen LogP) is 3.15. The minimum absolute atomic E-state index is 0.218. The third-order valence-electron chi connectivity index (χ3n) is 3.23. The van der Waals surface area contributed by atoms with Crippen molar-refractivity contribution >= 4 is 15.8 Å². The van der Waals surface area contributed by atoms with Crippen LogP contribution in [0, 0.1) is 0 Å². The van der Waals surface area contributed by atoms with Gasteiger partial charge in [-0.25, -0.2) is 18.1 Å². The Balaban J connectivity index is 2.35. The lowest BCUT2D eigenvalue weighted by Gasteiger charge is -2.07. The molecule has 0 bridgehead atoms. The van der Waals surface area contributed by atoms with Crippen molar-refractivity contribution in [3.05, 3.63) is 18.3 Å². The molecule has 2 N–H and O–H groups in total. The fraction of sp³-hybridized carbons (Fsp3) is 0.667. The number of rotatable bonds is 11. The zero-order chi connectivity index (χ0) is 15.6. The fourth-order valence-corrected chi connectivity index (χ4v) is 3.04. The van der Waals surface area contributed by atoms with E-state index in [1.54, 1.807) is 12.1 Å². The second kappa shape index (κ2) is 9.73. The summed E-state index contributed by atoms with van der Waals surface area (Å²) in [5.41, 5.74) is 0. The Morgan fingerprint density at radius 1 is 1.05 bits per heavy atom. The van der Waals surface area contributed by atoms with Crippen molar-refractivity contribution < 1.29 is 8.42 Å². The van der Waals surface area contributed by atoms with Crippen LogP contribution in [0.1, 0.15) is 52.4 Å². The second-order valence-corrected chi connectivity index (χ2v) is 6.84. The second-order valence-electron chi connectivity index (χ2n) is 5.08. The number of anilines is 1. The number of nitrogens with one attached hydrogen (secondary N) is 2. The monoisotopic (exact) mass is 313 g/mol. The summed E-state index contributed by atoms with van der Waals surface area (Å²) in [6.07, 6.45) is 8.24.